The molecule has 0 spiro atoms. The summed E-state index contributed by atoms with van der Waals surface area (Å²) in [6.07, 6.45) is 7.44. The smallest absolute Gasteiger partial charge is 0.290 e. The van der Waals surface area contributed by atoms with Crippen LogP contribution in [-0.4, -0.2) is 11.6 Å². The highest BCUT2D eigenvalue weighted by molar-refractivity contribution is 5.32. The topological polar surface area (TPSA) is 37.3 Å². The van der Waals surface area contributed by atoms with Crippen LogP contribution in [0.2, 0.25) is 0 Å². The van der Waals surface area contributed by atoms with Crippen LogP contribution in [0.5, 0.6) is 0 Å². The van der Waals surface area contributed by atoms with E-state index in [-0.39, 0.29) is 6.47 Å². The molecule has 0 atom stereocenters. The number of hydrogen-bond acceptors (Lipinski definition) is 1. The van der Waals surface area contributed by atoms with E-state index in [1.54, 1.807) is 0 Å². The van der Waals surface area contributed by atoms with Gasteiger partial charge in [-0.3, -0.25) is 4.79 Å². The Balaban J connectivity index is 0.000000236. The van der Waals surface area contributed by atoms with E-state index >= 15 is 0 Å². The molecule has 0 aromatic heterocycles. The monoisotopic (exact) mass is 144 g/mol. The lowest BCUT2D eigenvalue weighted by atomic mass is 9.91. The summed E-state index contributed by atoms with van der Waals surface area (Å²) in [4.78, 5) is 8.36. The molecule has 0 aromatic rings. The third-order valence-electron chi connectivity index (χ3n) is 1.89. The summed E-state index contributed by atoms with van der Waals surface area (Å²) in [6, 6.07) is 0. The molecule has 1 fully saturated rings. The molecule has 1 N–H and O–H groups in total. The van der Waals surface area contributed by atoms with Crippen molar-refractivity contribution in [3.63, 3.8) is 0 Å². The molecule has 0 heterocycles. The van der Waals surface area contributed by atoms with Crippen LogP contribution in [0.4, 0.5) is 0 Å². The van der Waals surface area contributed by atoms with E-state index in [4.69, 9.17) is 9.90 Å². The third kappa shape index (κ3) is 5.60. The highest BCUT2D eigenvalue weighted by Crippen LogP contribution is 2.21. The highest BCUT2D eigenvalue weighted by Gasteiger charge is 2.05. The van der Waals surface area contributed by atoms with Crippen LogP contribution < -0.4 is 0 Å². The van der Waals surface area contributed by atoms with Gasteiger partial charge in [0.25, 0.3) is 6.47 Å². The number of carboxylic acid groups (broad SMARTS) is 1. The molecule has 0 saturated heterocycles. The number of rotatable bonds is 0. The van der Waals surface area contributed by atoms with Gasteiger partial charge in [0.05, 0.1) is 0 Å². The third-order valence-corrected chi connectivity index (χ3v) is 1.89. The largest absolute Gasteiger partial charge is 0.483 e. The van der Waals surface area contributed by atoms with E-state index in [1.165, 1.54) is 32.1 Å². The summed E-state index contributed by atoms with van der Waals surface area (Å²) in [5.41, 5.74) is 0. The molecule has 1 saturated carbocycles. The minimum absolute atomic E-state index is 0.250. The zero-order chi connectivity index (χ0) is 7.82. The van der Waals surface area contributed by atoms with Gasteiger partial charge in [-0.2, -0.15) is 0 Å². The van der Waals surface area contributed by atoms with E-state index in [9.17, 15) is 0 Å². The zero-order valence-electron chi connectivity index (χ0n) is 6.55. The zero-order valence-corrected chi connectivity index (χ0v) is 6.55. The Bertz CT molecular complexity index is 75.3. The van der Waals surface area contributed by atoms with Gasteiger partial charge in [-0.05, 0) is 5.92 Å². The van der Waals surface area contributed by atoms with Gasteiger partial charge in [-0.1, -0.05) is 39.0 Å². The van der Waals surface area contributed by atoms with E-state index in [2.05, 4.69) is 6.92 Å². The van der Waals surface area contributed by atoms with E-state index in [1.807, 2.05) is 0 Å². The fraction of sp³-hybridized carbons (Fsp3) is 0.875. The molecule has 2 heteroatoms. The minimum atomic E-state index is -0.250. The van der Waals surface area contributed by atoms with Crippen molar-refractivity contribution in [2.75, 3.05) is 0 Å². The lowest BCUT2D eigenvalue weighted by Crippen LogP contribution is -1.99. The second kappa shape index (κ2) is 6.59. The molecule has 60 valence electrons. The molecule has 2 nitrogen and oxygen atoms in total. The second-order valence-electron chi connectivity index (χ2n) is 2.85. The van der Waals surface area contributed by atoms with E-state index in [0.29, 0.717) is 0 Å². The predicted molar refractivity (Wildman–Crippen MR) is 40.9 cm³/mol. The Morgan fingerprint density at radius 3 is 1.90 bits per heavy atom. The molecule has 0 aliphatic heterocycles. The van der Waals surface area contributed by atoms with Crippen molar-refractivity contribution >= 4 is 6.47 Å². The fourth-order valence-electron chi connectivity index (χ4n) is 1.31. The molecule has 1 aliphatic rings. The lowest BCUT2D eigenvalue weighted by Gasteiger charge is -2.15. The predicted octanol–water partition coefficient (Wildman–Crippen LogP) is 2.29. The standard InChI is InChI=1S/C7H14.CH2O2/c1-7-5-3-2-4-6-7;2-1-3/h7H,2-6H2,1H3;1H,(H,2,3). The van der Waals surface area contributed by atoms with Crippen molar-refractivity contribution in [2.45, 2.75) is 39.0 Å². The van der Waals surface area contributed by atoms with Crippen LogP contribution in [-0.2, 0) is 4.79 Å². The quantitative estimate of drug-likeness (QED) is 0.529. The van der Waals surface area contributed by atoms with Gasteiger partial charge < -0.3 is 5.11 Å². The van der Waals surface area contributed by atoms with Crippen molar-refractivity contribution in [1.82, 2.24) is 0 Å². The van der Waals surface area contributed by atoms with Crippen LogP contribution in [0.25, 0.3) is 0 Å². The summed E-state index contributed by atoms with van der Waals surface area (Å²) in [5.74, 6) is 1.04. The average Bonchev–Trinajstić information content (AvgIpc) is 1.91. The van der Waals surface area contributed by atoms with Crippen LogP contribution >= 0.6 is 0 Å². The minimum Gasteiger partial charge on any atom is -0.483 e. The van der Waals surface area contributed by atoms with Gasteiger partial charge >= 0.3 is 0 Å². The lowest BCUT2D eigenvalue weighted by molar-refractivity contribution is -0.122. The Hall–Kier alpha value is -0.530. The van der Waals surface area contributed by atoms with Crippen molar-refractivity contribution in [3.05, 3.63) is 0 Å². The van der Waals surface area contributed by atoms with Gasteiger partial charge in [0.2, 0.25) is 0 Å². The normalized spacial score (nSPS) is 18.9. The molecule has 0 amide bonds. The van der Waals surface area contributed by atoms with Gasteiger partial charge in [0, 0.05) is 0 Å². The van der Waals surface area contributed by atoms with Crippen LogP contribution in [0.1, 0.15) is 39.0 Å². The Morgan fingerprint density at radius 1 is 1.30 bits per heavy atom. The molecule has 0 bridgehead atoms. The first kappa shape index (κ1) is 9.47. The summed E-state index contributed by atoms with van der Waals surface area (Å²) in [5, 5.41) is 6.89. The van der Waals surface area contributed by atoms with Gasteiger partial charge in [-0.15, -0.1) is 0 Å². The Morgan fingerprint density at radius 2 is 1.70 bits per heavy atom. The summed E-state index contributed by atoms with van der Waals surface area (Å²) in [6.45, 7) is 2.11. The van der Waals surface area contributed by atoms with Crippen LogP contribution in [0, 0.1) is 5.92 Å². The molecular weight excluding hydrogens is 128 g/mol. The number of hydrogen-bond donors (Lipinski definition) is 1. The summed E-state index contributed by atoms with van der Waals surface area (Å²) >= 11 is 0. The molecule has 0 radical (unpaired) electrons. The Kier molecular flexibility index (Phi) is 6.24. The Labute approximate surface area is 62.2 Å². The van der Waals surface area contributed by atoms with E-state index < -0.39 is 0 Å². The SMILES string of the molecule is CC1CCCCC1.O=CO. The maximum absolute atomic E-state index is 8.36. The second-order valence-corrected chi connectivity index (χ2v) is 2.85. The highest BCUT2D eigenvalue weighted by atomic mass is 16.3. The summed E-state index contributed by atoms with van der Waals surface area (Å²) < 4.78 is 0. The maximum Gasteiger partial charge on any atom is 0.290 e. The van der Waals surface area contributed by atoms with Gasteiger partial charge in [0.1, 0.15) is 0 Å². The first-order chi connectivity index (χ1) is 4.81. The van der Waals surface area contributed by atoms with Gasteiger partial charge in [-0.25, -0.2) is 0 Å². The van der Waals surface area contributed by atoms with Gasteiger partial charge in [0.15, 0.2) is 0 Å². The average molecular weight is 144 g/mol. The first-order valence-corrected chi connectivity index (χ1v) is 3.89. The number of carbonyl (C=O) groups is 1. The van der Waals surface area contributed by atoms with E-state index in [0.717, 1.165) is 5.92 Å². The maximum atomic E-state index is 8.36. The first-order valence-electron chi connectivity index (χ1n) is 3.89. The molecule has 1 rings (SSSR count). The van der Waals surface area contributed by atoms with Crippen molar-refractivity contribution < 1.29 is 9.90 Å². The molecule has 0 aromatic carbocycles. The van der Waals surface area contributed by atoms with Crippen molar-refractivity contribution in [3.8, 4) is 0 Å². The fourth-order valence-corrected chi connectivity index (χ4v) is 1.31. The molecule has 10 heavy (non-hydrogen) atoms. The van der Waals surface area contributed by atoms with Crippen LogP contribution in [0.15, 0.2) is 0 Å². The van der Waals surface area contributed by atoms with Crippen molar-refractivity contribution in [2.24, 2.45) is 5.92 Å². The molecule has 0 unspecified atom stereocenters. The van der Waals surface area contributed by atoms with Crippen LogP contribution in [0.3, 0.4) is 0 Å². The molecular formula is C8H16O2. The summed E-state index contributed by atoms with van der Waals surface area (Å²) in [7, 11) is 0. The molecule has 1 aliphatic carbocycles. The van der Waals surface area contributed by atoms with Crippen molar-refractivity contribution in [1.29, 1.82) is 0 Å².